The van der Waals surface area contributed by atoms with Gasteiger partial charge in [-0.05, 0) is 12.1 Å². The van der Waals surface area contributed by atoms with Gasteiger partial charge in [-0.15, -0.1) is 12.6 Å². The highest BCUT2D eigenvalue weighted by Crippen LogP contribution is 2.31. The molecule has 0 bridgehead atoms. The number of rotatable bonds is 0. The summed E-state index contributed by atoms with van der Waals surface area (Å²) in [5.74, 6) is -1.02. The number of hydrogen-bond donors (Lipinski definition) is 1. The van der Waals surface area contributed by atoms with E-state index in [2.05, 4.69) is 17.6 Å². The first-order valence-electron chi connectivity index (χ1n) is 3.84. The number of pyridine rings is 1. The van der Waals surface area contributed by atoms with Crippen LogP contribution >= 0.6 is 12.6 Å². The van der Waals surface area contributed by atoms with Crippen LogP contribution in [0.3, 0.4) is 0 Å². The zero-order valence-corrected chi connectivity index (χ0v) is 7.98. The van der Waals surface area contributed by atoms with E-state index in [1.165, 1.54) is 6.07 Å². The predicted octanol–water partition coefficient (Wildman–Crippen LogP) is 2.78. The molecule has 0 saturated carbocycles. The van der Waals surface area contributed by atoms with Crippen LogP contribution in [0, 0.1) is 5.95 Å². The van der Waals surface area contributed by atoms with Gasteiger partial charge in [0.2, 0.25) is 5.95 Å². The van der Waals surface area contributed by atoms with Crippen molar-refractivity contribution in [2.75, 3.05) is 0 Å². The molecule has 80 valence electrons. The van der Waals surface area contributed by atoms with Gasteiger partial charge in [-0.2, -0.15) is 22.5 Å². The van der Waals surface area contributed by atoms with Crippen molar-refractivity contribution in [3.63, 3.8) is 0 Å². The summed E-state index contributed by atoms with van der Waals surface area (Å²) in [7, 11) is 0. The largest absolute Gasteiger partial charge is 0.431 e. The summed E-state index contributed by atoms with van der Waals surface area (Å²) in [6.45, 7) is 0. The van der Waals surface area contributed by atoms with E-state index >= 15 is 0 Å². The fraction of sp³-hybridized carbons (Fsp3) is 0.125. The number of alkyl halides is 3. The van der Waals surface area contributed by atoms with E-state index in [9.17, 15) is 17.6 Å². The zero-order valence-electron chi connectivity index (χ0n) is 7.09. The van der Waals surface area contributed by atoms with Crippen molar-refractivity contribution in [3.05, 3.63) is 29.8 Å². The molecule has 0 radical (unpaired) electrons. The minimum atomic E-state index is -4.57. The molecule has 15 heavy (non-hydrogen) atoms. The van der Waals surface area contributed by atoms with Crippen LogP contribution in [-0.4, -0.2) is 9.38 Å². The molecule has 2 aromatic heterocycles. The molecule has 0 aliphatic rings. The Morgan fingerprint density at radius 3 is 2.53 bits per heavy atom. The lowest BCUT2D eigenvalue weighted by Gasteiger charge is -2.09. The Kier molecular flexibility index (Phi) is 2.14. The highest BCUT2D eigenvalue weighted by atomic mass is 32.1. The van der Waals surface area contributed by atoms with E-state index < -0.39 is 22.8 Å². The summed E-state index contributed by atoms with van der Waals surface area (Å²) >= 11 is 3.64. The lowest BCUT2D eigenvalue weighted by atomic mass is 10.3. The molecule has 2 rings (SSSR count). The van der Waals surface area contributed by atoms with E-state index in [4.69, 9.17) is 0 Å². The molecule has 0 unspecified atom stereocenters. The van der Waals surface area contributed by atoms with Crippen molar-refractivity contribution in [1.29, 1.82) is 0 Å². The lowest BCUT2D eigenvalue weighted by molar-refractivity contribution is -0.142. The third kappa shape index (κ3) is 1.56. The second kappa shape index (κ2) is 3.13. The summed E-state index contributed by atoms with van der Waals surface area (Å²) in [6, 6.07) is 3.28. The van der Waals surface area contributed by atoms with Gasteiger partial charge in [0, 0.05) is 0 Å². The van der Waals surface area contributed by atoms with Gasteiger partial charge in [0.25, 0.3) is 0 Å². The average molecular weight is 236 g/mol. The summed E-state index contributed by atoms with van der Waals surface area (Å²) < 4.78 is 51.1. The molecule has 0 aromatic carbocycles. The quantitative estimate of drug-likeness (QED) is 0.550. The second-order valence-corrected chi connectivity index (χ2v) is 3.25. The number of hydrogen-bond acceptors (Lipinski definition) is 2. The maximum absolute atomic E-state index is 12.9. The van der Waals surface area contributed by atoms with Crippen LogP contribution in [0.4, 0.5) is 17.6 Å². The van der Waals surface area contributed by atoms with Gasteiger partial charge < -0.3 is 0 Å². The van der Waals surface area contributed by atoms with Gasteiger partial charge >= 0.3 is 6.18 Å². The Hall–Kier alpha value is -1.24. The number of imidazole rings is 1. The van der Waals surface area contributed by atoms with Crippen LogP contribution in [0.1, 0.15) is 5.69 Å². The van der Waals surface area contributed by atoms with Gasteiger partial charge in [0.05, 0.1) is 0 Å². The molecule has 0 fully saturated rings. The molecule has 7 heteroatoms. The Balaban J connectivity index is 2.86. The lowest BCUT2D eigenvalue weighted by Crippen LogP contribution is -2.11. The average Bonchev–Trinajstić information content (AvgIpc) is 2.41. The highest BCUT2D eigenvalue weighted by Gasteiger charge is 2.34. The fourth-order valence-corrected chi connectivity index (χ4v) is 1.53. The van der Waals surface area contributed by atoms with Gasteiger partial charge in [0.15, 0.2) is 0 Å². The maximum atomic E-state index is 12.9. The second-order valence-electron chi connectivity index (χ2n) is 2.83. The van der Waals surface area contributed by atoms with E-state index in [1.807, 2.05) is 0 Å². The number of nitrogens with zero attached hydrogens (tertiary/aromatic N) is 2. The van der Waals surface area contributed by atoms with Crippen molar-refractivity contribution >= 4 is 18.3 Å². The topological polar surface area (TPSA) is 17.3 Å². The molecule has 2 nitrogen and oxygen atoms in total. The first-order valence-corrected chi connectivity index (χ1v) is 4.29. The van der Waals surface area contributed by atoms with Crippen LogP contribution in [0.2, 0.25) is 0 Å². The third-order valence-electron chi connectivity index (χ3n) is 1.87. The van der Waals surface area contributed by atoms with Crippen LogP contribution < -0.4 is 0 Å². The monoisotopic (exact) mass is 236 g/mol. The first-order chi connectivity index (χ1) is 6.91. The SMILES string of the molecule is Fc1nc2cccc(C(F)(F)F)n2c1S. The smallest absolute Gasteiger partial charge is 0.280 e. The van der Waals surface area contributed by atoms with Gasteiger partial charge in [-0.25, -0.2) is 0 Å². The summed E-state index contributed by atoms with van der Waals surface area (Å²) in [4.78, 5) is 3.31. The molecule has 0 aliphatic carbocycles. The molecule has 0 saturated heterocycles. The van der Waals surface area contributed by atoms with Crippen molar-refractivity contribution < 1.29 is 17.6 Å². The maximum Gasteiger partial charge on any atom is 0.431 e. The Bertz CT molecular complexity index is 517. The van der Waals surface area contributed by atoms with E-state index in [-0.39, 0.29) is 5.65 Å². The Morgan fingerprint density at radius 2 is 1.93 bits per heavy atom. The van der Waals surface area contributed by atoms with E-state index in [1.54, 1.807) is 0 Å². The number of fused-ring (bicyclic) bond motifs is 1. The van der Waals surface area contributed by atoms with Crippen molar-refractivity contribution in [3.8, 4) is 0 Å². The van der Waals surface area contributed by atoms with Gasteiger partial charge in [-0.1, -0.05) is 6.07 Å². The van der Waals surface area contributed by atoms with Crippen molar-refractivity contribution in [1.82, 2.24) is 9.38 Å². The Morgan fingerprint density at radius 1 is 1.27 bits per heavy atom. The minimum Gasteiger partial charge on any atom is -0.280 e. The van der Waals surface area contributed by atoms with E-state index in [0.717, 1.165) is 12.1 Å². The van der Waals surface area contributed by atoms with Crippen LogP contribution in [0.15, 0.2) is 23.2 Å². The Labute approximate surface area is 87.0 Å². The molecule has 0 atom stereocenters. The van der Waals surface area contributed by atoms with Crippen molar-refractivity contribution in [2.45, 2.75) is 11.2 Å². The molecular formula is C8H4F4N2S. The highest BCUT2D eigenvalue weighted by molar-refractivity contribution is 7.80. The minimum absolute atomic E-state index is 0.118. The summed E-state index contributed by atoms with van der Waals surface area (Å²) in [6.07, 6.45) is -4.57. The molecule has 0 amide bonds. The van der Waals surface area contributed by atoms with Crippen LogP contribution in [0.5, 0.6) is 0 Å². The molecule has 0 N–H and O–H groups in total. The summed E-state index contributed by atoms with van der Waals surface area (Å²) in [5, 5.41) is -0.446. The molecule has 0 aliphatic heterocycles. The third-order valence-corrected chi connectivity index (χ3v) is 2.25. The normalized spacial score (nSPS) is 12.3. The number of thiol groups is 1. The molecule has 0 spiro atoms. The van der Waals surface area contributed by atoms with Crippen LogP contribution in [0.25, 0.3) is 5.65 Å². The predicted molar refractivity (Wildman–Crippen MR) is 47.4 cm³/mol. The molecule has 2 aromatic rings. The zero-order chi connectivity index (χ0) is 11.2. The molecular weight excluding hydrogens is 232 g/mol. The fourth-order valence-electron chi connectivity index (χ4n) is 1.27. The molecule has 2 heterocycles. The van der Waals surface area contributed by atoms with Gasteiger partial charge in [0.1, 0.15) is 16.4 Å². The van der Waals surface area contributed by atoms with Crippen LogP contribution in [-0.2, 0) is 6.18 Å². The van der Waals surface area contributed by atoms with Gasteiger partial charge in [-0.3, -0.25) is 4.40 Å². The van der Waals surface area contributed by atoms with Crippen molar-refractivity contribution in [2.24, 2.45) is 0 Å². The number of aromatic nitrogens is 2. The summed E-state index contributed by atoms with van der Waals surface area (Å²) in [5.41, 5.74) is -1.12. The standard InChI is InChI=1S/C8H4F4N2S/c9-6-7(15)14-4(8(10,11)12)2-1-3-5(14)13-6/h1-3,15H. The van der Waals surface area contributed by atoms with E-state index in [0.29, 0.717) is 4.40 Å². The number of halogens is 4. The first kappa shape index (κ1) is 10.3.